The van der Waals surface area contributed by atoms with E-state index in [4.69, 9.17) is 4.74 Å². The van der Waals surface area contributed by atoms with Crippen molar-refractivity contribution < 1.29 is 14.3 Å². The minimum absolute atomic E-state index is 0.0791. The standard InChI is InChI=1S/C13H27N3O3/c1-10(13(2,3)4)16(5)9-11(17)15-12(18)14-7-8-19-6/h10H,7-9H2,1-6H3,(H2,14,15,17,18)/t10-/m0/s1. The highest BCUT2D eigenvalue weighted by molar-refractivity contribution is 5.95. The van der Waals surface area contributed by atoms with Crippen LogP contribution in [0.25, 0.3) is 0 Å². The smallest absolute Gasteiger partial charge is 0.321 e. The molecule has 0 unspecified atom stereocenters. The summed E-state index contributed by atoms with van der Waals surface area (Å²) in [5, 5.41) is 4.82. The largest absolute Gasteiger partial charge is 0.383 e. The highest BCUT2D eigenvalue weighted by Gasteiger charge is 2.25. The van der Waals surface area contributed by atoms with Crippen LogP contribution in [0.1, 0.15) is 27.7 Å². The van der Waals surface area contributed by atoms with Gasteiger partial charge in [-0.15, -0.1) is 0 Å². The van der Waals surface area contributed by atoms with Gasteiger partial charge in [-0.1, -0.05) is 20.8 Å². The van der Waals surface area contributed by atoms with Crippen molar-refractivity contribution in [2.45, 2.75) is 33.7 Å². The minimum Gasteiger partial charge on any atom is -0.383 e. The second kappa shape index (κ2) is 8.12. The topological polar surface area (TPSA) is 70.7 Å². The molecule has 0 bridgehead atoms. The lowest BCUT2D eigenvalue weighted by molar-refractivity contribution is -0.121. The van der Waals surface area contributed by atoms with Crippen molar-refractivity contribution in [1.82, 2.24) is 15.5 Å². The van der Waals surface area contributed by atoms with Crippen molar-refractivity contribution in [3.63, 3.8) is 0 Å². The van der Waals surface area contributed by atoms with E-state index in [-0.39, 0.29) is 23.9 Å². The summed E-state index contributed by atoms with van der Waals surface area (Å²) in [4.78, 5) is 25.0. The number of amides is 3. The highest BCUT2D eigenvalue weighted by Crippen LogP contribution is 2.22. The second-order valence-corrected chi connectivity index (χ2v) is 5.75. The van der Waals surface area contributed by atoms with Crippen molar-refractivity contribution in [2.75, 3.05) is 33.9 Å². The summed E-state index contributed by atoms with van der Waals surface area (Å²) in [5.41, 5.74) is 0.0791. The molecule has 19 heavy (non-hydrogen) atoms. The number of nitrogens with one attached hydrogen (secondary N) is 2. The second-order valence-electron chi connectivity index (χ2n) is 5.75. The molecule has 0 fully saturated rings. The van der Waals surface area contributed by atoms with Gasteiger partial charge in [-0.25, -0.2) is 4.79 Å². The third kappa shape index (κ3) is 7.79. The van der Waals surface area contributed by atoms with Crippen LogP contribution >= 0.6 is 0 Å². The van der Waals surface area contributed by atoms with Crippen LogP contribution in [-0.2, 0) is 9.53 Å². The summed E-state index contributed by atoms with van der Waals surface area (Å²) in [6, 6.07) is -0.256. The molecule has 0 aliphatic rings. The molecule has 0 saturated carbocycles. The van der Waals surface area contributed by atoms with Crippen molar-refractivity contribution in [1.29, 1.82) is 0 Å². The maximum absolute atomic E-state index is 11.7. The van der Waals surface area contributed by atoms with Crippen LogP contribution in [0.3, 0.4) is 0 Å². The predicted octanol–water partition coefficient (Wildman–Crippen LogP) is 0.825. The Labute approximate surface area is 115 Å². The maximum Gasteiger partial charge on any atom is 0.321 e. The summed E-state index contributed by atoms with van der Waals surface area (Å²) >= 11 is 0. The Balaban J connectivity index is 4.07. The van der Waals surface area contributed by atoms with Crippen LogP contribution in [-0.4, -0.2) is 56.7 Å². The van der Waals surface area contributed by atoms with Gasteiger partial charge in [0.25, 0.3) is 0 Å². The zero-order valence-electron chi connectivity index (χ0n) is 12.9. The lowest BCUT2D eigenvalue weighted by atomic mass is 9.87. The number of likely N-dealkylation sites (N-methyl/N-ethyl adjacent to an activating group) is 1. The number of rotatable bonds is 6. The van der Waals surface area contributed by atoms with Crippen LogP contribution in [0.2, 0.25) is 0 Å². The van der Waals surface area contributed by atoms with Gasteiger partial charge in [-0.3, -0.25) is 15.0 Å². The average Bonchev–Trinajstić information content (AvgIpc) is 2.26. The number of carbonyl (C=O) groups is 2. The highest BCUT2D eigenvalue weighted by atomic mass is 16.5. The molecule has 0 radical (unpaired) electrons. The number of hydrogen-bond donors (Lipinski definition) is 2. The van der Waals surface area contributed by atoms with Crippen molar-refractivity contribution in [3.8, 4) is 0 Å². The molecule has 2 N–H and O–H groups in total. The van der Waals surface area contributed by atoms with Crippen molar-refractivity contribution in [3.05, 3.63) is 0 Å². The molecule has 0 aromatic rings. The summed E-state index contributed by atoms with van der Waals surface area (Å²) in [6.07, 6.45) is 0. The zero-order valence-corrected chi connectivity index (χ0v) is 12.9. The van der Waals surface area contributed by atoms with E-state index in [1.54, 1.807) is 7.11 Å². The third-order valence-corrected chi connectivity index (χ3v) is 3.15. The molecule has 0 aromatic heterocycles. The van der Waals surface area contributed by atoms with Gasteiger partial charge in [0.1, 0.15) is 0 Å². The van der Waals surface area contributed by atoms with Crippen LogP contribution in [0.5, 0.6) is 0 Å². The number of imide groups is 1. The fourth-order valence-electron chi connectivity index (χ4n) is 1.50. The molecular formula is C13H27N3O3. The van der Waals surface area contributed by atoms with Crippen molar-refractivity contribution in [2.24, 2.45) is 5.41 Å². The average molecular weight is 273 g/mol. The molecule has 112 valence electrons. The first-order valence-electron chi connectivity index (χ1n) is 6.45. The van der Waals surface area contributed by atoms with E-state index in [1.807, 2.05) is 11.9 Å². The first-order chi connectivity index (χ1) is 8.68. The molecule has 6 heteroatoms. The molecule has 3 amide bonds. The Kier molecular flexibility index (Phi) is 7.63. The van der Waals surface area contributed by atoms with E-state index < -0.39 is 6.03 Å². The van der Waals surface area contributed by atoms with Crippen molar-refractivity contribution >= 4 is 11.9 Å². The van der Waals surface area contributed by atoms with E-state index in [2.05, 4.69) is 38.3 Å². The molecule has 0 rings (SSSR count). The van der Waals surface area contributed by atoms with Gasteiger partial charge in [-0.05, 0) is 19.4 Å². The Bertz CT molecular complexity index is 300. The molecule has 0 aliphatic heterocycles. The Morgan fingerprint density at radius 1 is 1.32 bits per heavy atom. The maximum atomic E-state index is 11.7. The molecular weight excluding hydrogens is 246 g/mol. The molecule has 0 aromatic carbocycles. The Morgan fingerprint density at radius 2 is 1.89 bits per heavy atom. The first kappa shape index (κ1) is 17.9. The Hall–Kier alpha value is -1.14. The number of ether oxygens (including phenoxy) is 1. The van der Waals surface area contributed by atoms with E-state index in [9.17, 15) is 9.59 Å². The molecule has 0 aliphatic carbocycles. The van der Waals surface area contributed by atoms with E-state index >= 15 is 0 Å². The first-order valence-corrected chi connectivity index (χ1v) is 6.45. The predicted molar refractivity (Wildman–Crippen MR) is 75.0 cm³/mol. The van der Waals surface area contributed by atoms with Crippen LogP contribution in [0, 0.1) is 5.41 Å². The van der Waals surface area contributed by atoms with Crippen LogP contribution in [0.4, 0.5) is 4.79 Å². The van der Waals surface area contributed by atoms with Crippen LogP contribution in [0.15, 0.2) is 0 Å². The van der Waals surface area contributed by atoms with Gasteiger partial charge >= 0.3 is 6.03 Å². The minimum atomic E-state index is -0.487. The fourth-order valence-corrected chi connectivity index (χ4v) is 1.50. The summed E-state index contributed by atoms with van der Waals surface area (Å²) in [7, 11) is 3.42. The Morgan fingerprint density at radius 3 is 2.37 bits per heavy atom. The van der Waals surface area contributed by atoms with Gasteiger partial charge < -0.3 is 10.1 Å². The fraction of sp³-hybridized carbons (Fsp3) is 0.846. The lowest BCUT2D eigenvalue weighted by Crippen LogP contribution is -2.48. The summed E-state index contributed by atoms with van der Waals surface area (Å²) in [5.74, 6) is -0.312. The lowest BCUT2D eigenvalue weighted by Gasteiger charge is -2.34. The van der Waals surface area contributed by atoms with Gasteiger partial charge in [0.05, 0.1) is 13.2 Å². The third-order valence-electron chi connectivity index (χ3n) is 3.15. The summed E-state index contributed by atoms with van der Waals surface area (Å²) in [6.45, 7) is 9.39. The number of urea groups is 1. The van der Waals surface area contributed by atoms with Gasteiger partial charge in [0.15, 0.2) is 0 Å². The molecule has 0 saturated heterocycles. The van der Waals surface area contributed by atoms with E-state index in [1.165, 1.54) is 0 Å². The van der Waals surface area contributed by atoms with Gasteiger partial charge in [0, 0.05) is 19.7 Å². The monoisotopic (exact) mass is 273 g/mol. The SMILES string of the molecule is COCCNC(=O)NC(=O)CN(C)[C@@H](C)C(C)(C)C. The molecule has 6 nitrogen and oxygen atoms in total. The van der Waals surface area contributed by atoms with E-state index in [0.29, 0.717) is 13.2 Å². The molecule has 1 atom stereocenters. The quantitative estimate of drug-likeness (QED) is 0.703. The normalized spacial score (nSPS) is 13.2. The van der Waals surface area contributed by atoms with Crippen LogP contribution < -0.4 is 10.6 Å². The zero-order chi connectivity index (χ0) is 15.1. The summed E-state index contributed by atoms with van der Waals surface area (Å²) < 4.78 is 4.80. The number of hydrogen-bond acceptors (Lipinski definition) is 4. The van der Waals surface area contributed by atoms with Gasteiger partial charge in [0.2, 0.25) is 5.91 Å². The molecule has 0 heterocycles. The van der Waals surface area contributed by atoms with E-state index in [0.717, 1.165) is 0 Å². The molecule has 0 spiro atoms. The number of carbonyl (C=O) groups excluding carboxylic acids is 2. The van der Waals surface area contributed by atoms with Gasteiger partial charge in [-0.2, -0.15) is 0 Å². The number of methoxy groups -OCH3 is 1. The number of nitrogens with zero attached hydrogens (tertiary/aromatic N) is 1.